The summed E-state index contributed by atoms with van der Waals surface area (Å²) < 4.78 is 6.03. The zero-order chi connectivity index (χ0) is 33.5. The van der Waals surface area contributed by atoms with Crippen LogP contribution in [-0.2, 0) is 14.3 Å². The second-order valence-electron chi connectivity index (χ2n) is 14.9. The number of ether oxygens (including phenoxy) is 1. The van der Waals surface area contributed by atoms with Crippen LogP contribution in [0.2, 0.25) is 0 Å². The molecule has 0 bridgehead atoms. The van der Waals surface area contributed by atoms with E-state index in [4.69, 9.17) is 16.3 Å². The number of nitrogens with one attached hydrogen (secondary N) is 2. The Morgan fingerprint density at radius 1 is 1.12 bits per heavy atom. The van der Waals surface area contributed by atoms with Gasteiger partial charge in [0.25, 0.3) is 0 Å². The number of fused-ring (bicyclic) bond motifs is 2. The van der Waals surface area contributed by atoms with Crippen LogP contribution in [0.15, 0.2) is 41.8 Å². The van der Waals surface area contributed by atoms with Crippen molar-refractivity contribution < 1.29 is 14.3 Å². The summed E-state index contributed by atoms with van der Waals surface area (Å²) in [6, 6.07) is 10.7. The van der Waals surface area contributed by atoms with Gasteiger partial charge in [-0.3, -0.25) is 25.1 Å². The summed E-state index contributed by atoms with van der Waals surface area (Å²) in [5, 5.41) is 17.2. The van der Waals surface area contributed by atoms with Crippen LogP contribution in [0.1, 0.15) is 81.6 Å². The lowest BCUT2D eigenvalue weighted by Gasteiger charge is -2.62. The van der Waals surface area contributed by atoms with Gasteiger partial charge in [0.1, 0.15) is 4.75 Å². The second-order valence-corrected chi connectivity index (χ2v) is 16.7. The molecule has 6 aliphatic rings. The van der Waals surface area contributed by atoms with Gasteiger partial charge in [-0.15, -0.1) is 23.4 Å². The van der Waals surface area contributed by atoms with Crippen molar-refractivity contribution in [3.05, 3.63) is 42.5 Å². The Bertz CT molecular complexity index is 1420. The number of likely N-dealkylation sites (tertiary alicyclic amines) is 1. The largest absolute Gasteiger partial charge is 0.348 e. The average Bonchev–Trinajstić information content (AvgIpc) is 3.50. The topological polar surface area (TPSA) is 101 Å². The number of nitriles is 1. The fourth-order valence-corrected chi connectivity index (χ4v) is 12.1. The van der Waals surface area contributed by atoms with Crippen LogP contribution in [0.4, 0.5) is 0 Å². The number of thioether (sulfide) groups is 1. The molecule has 1 amide bonds. The van der Waals surface area contributed by atoms with Crippen LogP contribution in [-0.4, -0.2) is 101 Å². The number of carbonyl (C=O) groups excluding carboxylic acids is 2. The molecule has 8 atom stereocenters. The van der Waals surface area contributed by atoms with Crippen molar-refractivity contribution in [1.82, 2.24) is 25.3 Å². The molecule has 1 spiro atoms. The van der Waals surface area contributed by atoms with E-state index < -0.39 is 22.0 Å². The van der Waals surface area contributed by atoms with Crippen molar-refractivity contribution in [1.29, 1.82) is 5.26 Å². The number of benzene rings is 1. The average molecular weight is 695 g/mol. The molecule has 1 aromatic carbocycles. The lowest BCUT2D eigenvalue weighted by molar-refractivity contribution is -0.168. The summed E-state index contributed by atoms with van der Waals surface area (Å²) in [6.45, 7) is 7.07. The fraction of sp³-hybridized carbons (Fsp3) is 0.703. The van der Waals surface area contributed by atoms with E-state index in [0.29, 0.717) is 38.7 Å². The van der Waals surface area contributed by atoms with E-state index in [1.165, 1.54) is 18.9 Å². The third-order valence-electron chi connectivity index (χ3n) is 12.5. The SMILES string of the molecule is C=CC(=O)N1CCN(C2NC(OCC3CCCN3C)NC3(C4CCCCCC4)C(=O)[C@@]4(CCC23)Sc2ccccc2C4Cl)CC1CC#N. The molecule has 1 aromatic rings. The van der Waals surface area contributed by atoms with Gasteiger partial charge in [0.15, 0.2) is 12.1 Å². The van der Waals surface area contributed by atoms with Crippen LogP contribution in [0, 0.1) is 23.2 Å². The Hall–Kier alpha value is -1.97. The summed E-state index contributed by atoms with van der Waals surface area (Å²) in [5.74, 6) is 0.242. The molecule has 9 nitrogen and oxygen atoms in total. The smallest absolute Gasteiger partial charge is 0.246 e. The summed E-state index contributed by atoms with van der Waals surface area (Å²) >= 11 is 9.12. The normalized spacial score (nSPS) is 37.9. The molecule has 0 aromatic heterocycles. The molecule has 4 heterocycles. The van der Waals surface area contributed by atoms with Crippen LogP contribution in [0.5, 0.6) is 0 Å². The maximum absolute atomic E-state index is 15.8. The zero-order valence-corrected chi connectivity index (χ0v) is 29.8. The quantitative estimate of drug-likeness (QED) is 0.232. The van der Waals surface area contributed by atoms with Gasteiger partial charge in [-0.1, -0.05) is 50.5 Å². The van der Waals surface area contributed by atoms with E-state index in [-0.39, 0.29) is 42.2 Å². The molecular formula is C37H51ClN6O3S. The van der Waals surface area contributed by atoms with Crippen molar-refractivity contribution in [3.8, 4) is 6.07 Å². The molecule has 2 aliphatic carbocycles. The van der Waals surface area contributed by atoms with Crippen molar-refractivity contribution in [2.75, 3.05) is 39.8 Å². The van der Waals surface area contributed by atoms with Crippen LogP contribution in [0.25, 0.3) is 0 Å². The Balaban J connectivity index is 1.28. The number of Topliss-reactive ketones (excluding diaryl/α,β-unsaturated/α-hetero) is 1. The molecule has 11 heteroatoms. The fourth-order valence-electron chi connectivity index (χ4n) is 9.97. The zero-order valence-electron chi connectivity index (χ0n) is 28.2. The van der Waals surface area contributed by atoms with E-state index in [1.807, 2.05) is 12.1 Å². The maximum Gasteiger partial charge on any atom is 0.246 e. The first-order valence-electron chi connectivity index (χ1n) is 18.2. The van der Waals surface area contributed by atoms with Crippen LogP contribution in [0.3, 0.4) is 0 Å². The summed E-state index contributed by atoms with van der Waals surface area (Å²) in [5.41, 5.74) is 0.239. The molecule has 4 aliphatic heterocycles. The third-order valence-corrected chi connectivity index (χ3v) is 14.8. The minimum Gasteiger partial charge on any atom is -0.348 e. The standard InChI is InChI=1S/C37H51ClN6O3S/c1-3-31(45)44-22-21-43(23-26(44)17-19-39)33-29-16-18-36(32(38)28-14-8-9-15-30(28)48-36)34(46)37(29,25-11-6-4-5-7-12-25)41-35(40-33)47-24-27-13-10-20-42(27)2/h3,8-9,14-15,25-27,29,32-33,35,40-41H,1,4-7,10-13,16-18,20-24H2,2H3/t26?,27?,29?,32?,33?,35?,36-,37?/m0/s1. The van der Waals surface area contributed by atoms with Gasteiger partial charge in [0.2, 0.25) is 5.91 Å². The van der Waals surface area contributed by atoms with Crippen LogP contribution < -0.4 is 10.6 Å². The predicted molar refractivity (Wildman–Crippen MR) is 188 cm³/mol. The lowest BCUT2D eigenvalue weighted by atomic mass is 9.57. The molecular weight excluding hydrogens is 644 g/mol. The Labute approximate surface area is 295 Å². The minimum atomic E-state index is -0.828. The highest BCUT2D eigenvalue weighted by Crippen LogP contribution is 2.63. The Morgan fingerprint density at radius 2 is 1.92 bits per heavy atom. The predicted octanol–water partition coefficient (Wildman–Crippen LogP) is 5.03. The van der Waals surface area contributed by atoms with E-state index >= 15 is 4.79 Å². The first kappa shape index (κ1) is 34.5. The number of ketones is 1. The van der Waals surface area contributed by atoms with Gasteiger partial charge >= 0.3 is 0 Å². The number of halogens is 1. The van der Waals surface area contributed by atoms with Gasteiger partial charge < -0.3 is 14.5 Å². The second kappa shape index (κ2) is 14.3. The van der Waals surface area contributed by atoms with E-state index in [9.17, 15) is 10.1 Å². The monoisotopic (exact) mass is 694 g/mol. The van der Waals surface area contributed by atoms with Crippen molar-refractivity contribution in [2.24, 2.45) is 11.8 Å². The summed E-state index contributed by atoms with van der Waals surface area (Å²) in [4.78, 5) is 36.4. The number of hydrogen-bond acceptors (Lipinski definition) is 9. The first-order chi connectivity index (χ1) is 23.3. The van der Waals surface area contributed by atoms with E-state index in [2.05, 4.69) is 52.3 Å². The van der Waals surface area contributed by atoms with Crippen molar-refractivity contribution in [3.63, 3.8) is 0 Å². The number of nitrogens with zero attached hydrogens (tertiary/aromatic N) is 4. The summed E-state index contributed by atoms with van der Waals surface area (Å²) in [7, 11) is 2.16. The number of amides is 1. The third kappa shape index (κ3) is 5.95. The van der Waals surface area contributed by atoms with Gasteiger partial charge in [-0.2, -0.15) is 5.26 Å². The highest BCUT2D eigenvalue weighted by Gasteiger charge is 2.68. The van der Waals surface area contributed by atoms with Crippen molar-refractivity contribution >= 4 is 35.1 Å². The number of rotatable bonds is 7. The number of carbonyl (C=O) groups is 2. The highest BCUT2D eigenvalue weighted by molar-refractivity contribution is 8.02. The number of alkyl halides is 1. The lowest BCUT2D eigenvalue weighted by Crippen LogP contribution is -2.82. The molecule has 0 radical (unpaired) electrons. The Kier molecular flexibility index (Phi) is 10.3. The molecule has 2 N–H and O–H groups in total. The number of piperazine rings is 1. The van der Waals surface area contributed by atoms with Crippen molar-refractivity contribution in [2.45, 2.75) is 116 Å². The van der Waals surface area contributed by atoms with E-state index in [1.54, 1.807) is 16.7 Å². The number of likely N-dealkylation sites (N-methyl/N-ethyl adjacent to an activating group) is 1. The van der Waals surface area contributed by atoms with Gasteiger partial charge in [0, 0.05) is 36.5 Å². The molecule has 7 rings (SSSR count). The Morgan fingerprint density at radius 3 is 2.62 bits per heavy atom. The van der Waals surface area contributed by atoms with Gasteiger partial charge in [-0.05, 0) is 75.7 Å². The highest BCUT2D eigenvalue weighted by atomic mass is 35.5. The molecule has 48 heavy (non-hydrogen) atoms. The number of hydrogen-bond donors (Lipinski definition) is 2. The van der Waals surface area contributed by atoms with Crippen LogP contribution >= 0.6 is 23.4 Å². The van der Waals surface area contributed by atoms with Gasteiger partial charge in [0.05, 0.1) is 42.2 Å². The molecule has 2 saturated carbocycles. The minimum absolute atomic E-state index is 0.0229. The van der Waals surface area contributed by atoms with E-state index in [0.717, 1.165) is 61.9 Å². The summed E-state index contributed by atoms with van der Waals surface area (Å²) in [6.07, 6.45) is 11.3. The molecule has 7 unspecified atom stereocenters. The van der Waals surface area contributed by atoms with Gasteiger partial charge in [-0.25, -0.2) is 0 Å². The molecule has 3 saturated heterocycles. The maximum atomic E-state index is 15.8. The molecule has 260 valence electrons. The first-order valence-corrected chi connectivity index (χ1v) is 19.4. The molecule has 5 fully saturated rings.